The lowest BCUT2D eigenvalue weighted by atomic mass is 10.2. The average molecular weight is 325 g/mol. The largest absolute Gasteiger partial charge is 0.444 e. The summed E-state index contributed by atoms with van der Waals surface area (Å²) in [5.41, 5.74) is 1.91. The maximum atomic E-state index is 11.9. The predicted octanol–water partition coefficient (Wildman–Crippen LogP) is 3.38. The number of rotatable bonds is 2. The van der Waals surface area contributed by atoms with Crippen molar-refractivity contribution in [1.29, 1.82) is 0 Å². The lowest BCUT2D eigenvalue weighted by Crippen LogP contribution is -2.27. The Morgan fingerprint density at radius 2 is 2.04 bits per heavy atom. The van der Waals surface area contributed by atoms with E-state index in [1.807, 2.05) is 46.1 Å². The van der Waals surface area contributed by atoms with Crippen molar-refractivity contribution in [1.82, 2.24) is 19.7 Å². The number of hydrogen-bond donors (Lipinski definition) is 1. The Bertz CT molecular complexity index is 895. The number of nitrogens with zero attached hydrogens (tertiary/aromatic N) is 4. The van der Waals surface area contributed by atoms with Gasteiger partial charge in [0.05, 0.1) is 17.4 Å². The first-order valence-corrected chi connectivity index (χ1v) is 7.56. The van der Waals surface area contributed by atoms with Crippen LogP contribution in [-0.2, 0) is 11.8 Å². The molecule has 0 spiro atoms. The molecule has 24 heavy (non-hydrogen) atoms. The first-order valence-electron chi connectivity index (χ1n) is 7.56. The molecule has 0 atom stereocenters. The molecule has 3 rings (SSSR count). The molecule has 0 saturated heterocycles. The van der Waals surface area contributed by atoms with Crippen LogP contribution in [0.4, 0.5) is 10.6 Å². The Balaban J connectivity index is 1.88. The molecule has 0 aliphatic rings. The molecule has 3 aromatic heterocycles. The smallest absolute Gasteiger partial charge is 0.413 e. The van der Waals surface area contributed by atoms with Crippen LogP contribution in [-0.4, -0.2) is 31.4 Å². The van der Waals surface area contributed by atoms with E-state index in [0.29, 0.717) is 5.82 Å². The van der Waals surface area contributed by atoms with Gasteiger partial charge in [-0.3, -0.25) is 10.00 Å². The minimum Gasteiger partial charge on any atom is -0.444 e. The lowest BCUT2D eigenvalue weighted by Gasteiger charge is -2.19. The van der Waals surface area contributed by atoms with E-state index in [0.717, 1.165) is 22.2 Å². The second kappa shape index (κ2) is 5.92. The molecule has 0 aliphatic carbocycles. The Labute approximate surface area is 139 Å². The molecule has 1 N–H and O–H groups in total. The number of nitrogens with one attached hydrogen (secondary N) is 1. The van der Waals surface area contributed by atoms with Gasteiger partial charge >= 0.3 is 6.09 Å². The summed E-state index contributed by atoms with van der Waals surface area (Å²) in [5.74, 6) is 0.396. The summed E-state index contributed by atoms with van der Waals surface area (Å²) < 4.78 is 6.95. The number of aromatic nitrogens is 4. The van der Waals surface area contributed by atoms with Gasteiger partial charge in [0.25, 0.3) is 0 Å². The van der Waals surface area contributed by atoms with Crippen molar-refractivity contribution in [3.63, 3.8) is 0 Å². The molecule has 3 heterocycles. The van der Waals surface area contributed by atoms with Gasteiger partial charge in [-0.15, -0.1) is 0 Å². The predicted molar refractivity (Wildman–Crippen MR) is 91.6 cm³/mol. The third kappa shape index (κ3) is 3.68. The quantitative estimate of drug-likeness (QED) is 0.781. The zero-order valence-corrected chi connectivity index (χ0v) is 14.1. The van der Waals surface area contributed by atoms with Gasteiger partial charge < -0.3 is 4.74 Å². The van der Waals surface area contributed by atoms with E-state index in [9.17, 15) is 4.79 Å². The summed E-state index contributed by atoms with van der Waals surface area (Å²) in [7, 11) is 1.86. The topological polar surface area (TPSA) is 81.9 Å². The number of fused-ring (bicyclic) bond motifs is 1. The van der Waals surface area contributed by atoms with E-state index < -0.39 is 11.7 Å². The highest BCUT2D eigenvalue weighted by atomic mass is 16.6. The molecular formula is C17H19N5O2. The van der Waals surface area contributed by atoms with Crippen molar-refractivity contribution in [2.45, 2.75) is 26.4 Å². The van der Waals surface area contributed by atoms with Crippen LogP contribution in [0.2, 0.25) is 0 Å². The standard InChI is InChI=1S/C17H19N5O2/c1-17(2,3)24-16(23)21-15-7-14-11(8-18-15)5-6-13(20-14)12-9-19-22(4)10-12/h5-10H,1-4H3,(H,18,21,23). The van der Waals surface area contributed by atoms with Crippen LogP contribution in [0, 0.1) is 0 Å². The van der Waals surface area contributed by atoms with Crippen LogP contribution < -0.4 is 5.32 Å². The number of carbonyl (C=O) groups is 1. The molecule has 0 radical (unpaired) electrons. The maximum Gasteiger partial charge on any atom is 0.413 e. The van der Waals surface area contributed by atoms with Crippen molar-refractivity contribution >= 4 is 22.8 Å². The highest BCUT2D eigenvalue weighted by molar-refractivity contribution is 5.88. The van der Waals surface area contributed by atoms with E-state index in [1.54, 1.807) is 23.1 Å². The number of amides is 1. The zero-order chi connectivity index (χ0) is 17.3. The van der Waals surface area contributed by atoms with Crippen molar-refractivity contribution in [3.8, 4) is 11.3 Å². The van der Waals surface area contributed by atoms with E-state index in [4.69, 9.17) is 4.74 Å². The van der Waals surface area contributed by atoms with Gasteiger partial charge in [0, 0.05) is 36.5 Å². The second-order valence-corrected chi connectivity index (χ2v) is 6.49. The minimum absolute atomic E-state index is 0.396. The van der Waals surface area contributed by atoms with Crippen LogP contribution in [0.5, 0.6) is 0 Å². The summed E-state index contributed by atoms with van der Waals surface area (Å²) in [5, 5.41) is 7.67. The summed E-state index contributed by atoms with van der Waals surface area (Å²) in [6.07, 6.45) is 4.78. The fourth-order valence-corrected chi connectivity index (χ4v) is 2.21. The first kappa shape index (κ1) is 15.9. The molecule has 0 aromatic carbocycles. The highest BCUT2D eigenvalue weighted by Gasteiger charge is 2.16. The molecule has 1 amide bonds. The molecule has 0 saturated carbocycles. The van der Waals surface area contributed by atoms with Crippen LogP contribution in [0.1, 0.15) is 20.8 Å². The van der Waals surface area contributed by atoms with E-state index in [2.05, 4.69) is 20.4 Å². The van der Waals surface area contributed by atoms with Crippen molar-refractivity contribution in [2.24, 2.45) is 7.05 Å². The van der Waals surface area contributed by atoms with Gasteiger partial charge in [-0.25, -0.2) is 14.8 Å². The van der Waals surface area contributed by atoms with Crippen LogP contribution in [0.25, 0.3) is 22.2 Å². The van der Waals surface area contributed by atoms with Crippen molar-refractivity contribution < 1.29 is 9.53 Å². The van der Waals surface area contributed by atoms with Gasteiger partial charge in [-0.2, -0.15) is 5.10 Å². The summed E-state index contributed by atoms with van der Waals surface area (Å²) in [4.78, 5) is 20.7. The Morgan fingerprint density at radius 1 is 1.25 bits per heavy atom. The van der Waals surface area contributed by atoms with Gasteiger partial charge in [-0.1, -0.05) is 0 Å². The molecule has 7 nitrogen and oxygen atoms in total. The molecule has 0 aliphatic heterocycles. The van der Waals surface area contributed by atoms with Gasteiger partial charge in [-0.05, 0) is 32.9 Å². The molecule has 0 fully saturated rings. The molecule has 124 valence electrons. The SMILES string of the molecule is Cn1cc(-c2ccc3cnc(NC(=O)OC(C)(C)C)cc3n2)cn1. The van der Waals surface area contributed by atoms with Gasteiger partial charge in [0.15, 0.2) is 0 Å². The number of aryl methyl sites for hydroxylation is 1. The number of anilines is 1. The first-order chi connectivity index (χ1) is 11.3. The molecule has 7 heteroatoms. The zero-order valence-electron chi connectivity index (χ0n) is 14.1. The summed E-state index contributed by atoms with van der Waals surface area (Å²) in [6, 6.07) is 5.58. The average Bonchev–Trinajstić information content (AvgIpc) is 2.91. The number of hydrogen-bond acceptors (Lipinski definition) is 5. The Hall–Kier alpha value is -2.96. The van der Waals surface area contributed by atoms with E-state index in [1.165, 1.54) is 0 Å². The van der Waals surface area contributed by atoms with Gasteiger partial charge in [0.2, 0.25) is 0 Å². The van der Waals surface area contributed by atoms with Crippen molar-refractivity contribution in [2.75, 3.05) is 5.32 Å². The summed E-state index contributed by atoms with van der Waals surface area (Å²) >= 11 is 0. The van der Waals surface area contributed by atoms with Crippen LogP contribution in [0.15, 0.2) is 36.8 Å². The van der Waals surface area contributed by atoms with Crippen LogP contribution in [0.3, 0.4) is 0 Å². The number of pyridine rings is 2. The third-order valence-electron chi connectivity index (χ3n) is 3.20. The molecule has 0 bridgehead atoms. The van der Waals surface area contributed by atoms with Crippen molar-refractivity contribution in [3.05, 3.63) is 36.8 Å². The third-order valence-corrected chi connectivity index (χ3v) is 3.20. The van der Waals surface area contributed by atoms with E-state index >= 15 is 0 Å². The molecular weight excluding hydrogens is 306 g/mol. The molecule has 3 aromatic rings. The highest BCUT2D eigenvalue weighted by Crippen LogP contribution is 2.21. The fraction of sp³-hybridized carbons (Fsp3) is 0.294. The summed E-state index contributed by atoms with van der Waals surface area (Å²) in [6.45, 7) is 5.42. The lowest BCUT2D eigenvalue weighted by molar-refractivity contribution is 0.0635. The van der Waals surface area contributed by atoms with Gasteiger partial charge in [0.1, 0.15) is 11.4 Å². The monoisotopic (exact) mass is 325 g/mol. The molecule has 0 unspecified atom stereocenters. The maximum absolute atomic E-state index is 11.9. The Morgan fingerprint density at radius 3 is 2.71 bits per heavy atom. The second-order valence-electron chi connectivity index (χ2n) is 6.49. The Kier molecular flexibility index (Phi) is 3.92. The number of carbonyl (C=O) groups excluding carboxylic acids is 1. The van der Waals surface area contributed by atoms with Crippen LogP contribution >= 0.6 is 0 Å². The number of ether oxygens (including phenoxy) is 1. The minimum atomic E-state index is -0.563. The van der Waals surface area contributed by atoms with E-state index in [-0.39, 0.29) is 0 Å². The fourth-order valence-electron chi connectivity index (χ4n) is 2.21. The normalized spacial score (nSPS) is 11.5.